The first-order valence-corrected chi connectivity index (χ1v) is 8.01. The van der Waals surface area contributed by atoms with Crippen molar-refractivity contribution in [1.29, 1.82) is 0 Å². The number of anilines is 2. The zero-order valence-corrected chi connectivity index (χ0v) is 13.3. The van der Waals surface area contributed by atoms with Crippen LogP contribution in [-0.2, 0) is 10.0 Å². The minimum absolute atomic E-state index is 0.0150. The fraction of sp³-hybridized carbons (Fsp3) is 0.0833. The maximum Gasteiger partial charge on any atom is 0.265 e. The van der Waals surface area contributed by atoms with Gasteiger partial charge < -0.3 is 5.43 Å². The van der Waals surface area contributed by atoms with Crippen LogP contribution in [0.1, 0.15) is 5.56 Å². The van der Waals surface area contributed by atoms with Crippen molar-refractivity contribution >= 4 is 37.5 Å². The van der Waals surface area contributed by atoms with Gasteiger partial charge >= 0.3 is 0 Å². The molecule has 112 valence electrons. The molecule has 0 aliphatic rings. The Morgan fingerprint density at radius 2 is 2.00 bits per heavy atom. The standard InChI is InChI=1S/C12H12BrFN4O2S/c1-7-2-9(14)5-10(3-7)18-21(19,20)11-4-8(13)6-16-12(11)17-15/h2-6,18H,15H2,1H3,(H,16,17). The summed E-state index contributed by atoms with van der Waals surface area (Å²) in [7, 11) is -3.96. The quantitative estimate of drug-likeness (QED) is 0.563. The van der Waals surface area contributed by atoms with E-state index in [-0.39, 0.29) is 16.4 Å². The molecular formula is C12H12BrFN4O2S. The third-order valence-electron chi connectivity index (χ3n) is 2.54. The summed E-state index contributed by atoms with van der Waals surface area (Å²) in [6.45, 7) is 1.66. The number of hydrazine groups is 1. The molecule has 0 aliphatic carbocycles. The number of halogens is 2. The molecule has 0 fully saturated rings. The van der Waals surface area contributed by atoms with Crippen molar-refractivity contribution < 1.29 is 12.8 Å². The van der Waals surface area contributed by atoms with E-state index in [0.29, 0.717) is 10.0 Å². The number of nitrogens with zero attached hydrogens (tertiary/aromatic N) is 1. The number of rotatable bonds is 4. The zero-order valence-electron chi connectivity index (χ0n) is 10.9. The SMILES string of the molecule is Cc1cc(F)cc(NS(=O)(=O)c2cc(Br)cnc2NN)c1. The fourth-order valence-electron chi connectivity index (χ4n) is 1.74. The number of aromatic nitrogens is 1. The van der Waals surface area contributed by atoms with E-state index in [2.05, 4.69) is 31.1 Å². The van der Waals surface area contributed by atoms with Crippen LogP contribution in [0.4, 0.5) is 15.9 Å². The summed E-state index contributed by atoms with van der Waals surface area (Å²) < 4.78 is 40.8. The lowest BCUT2D eigenvalue weighted by Gasteiger charge is -2.12. The van der Waals surface area contributed by atoms with Gasteiger partial charge in [0.2, 0.25) is 0 Å². The second kappa shape index (κ2) is 5.96. The summed E-state index contributed by atoms with van der Waals surface area (Å²) in [6.07, 6.45) is 1.40. The molecule has 1 aromatic carbocycles. The van der Waals surface area contributed by atoms with Crippen molar-refractivity contribution in [3.05, 3.63) is 46.3 Å². The Hall–Kier alpha value is -1.71. The normalized spacial score (nSPS) is 11.2. The number of aryl methyl sites for hydroxylation is 1. The Kier molecular flexibility index (Phi) is 4.45. The Labute approximate surface area is 129 Å². The van der Waals surface area contributed by atoms with Crippen LogP contribution in [0, 0.1) is 12.7 Å². The van der Waals surface area contributed by atoms with Crippen LogP contribution < -0.4 is 16.0 Å². The van der Waals surface area contributed by atoms with Crippen LogP contribution in [-0.4, -0.2) is 13.4 Å². The average Bonchev–Trinajstić information content (AvgIpc) is 2.36. The zero-order chi connectivity index (χ0) is 15.6. The van der Waals surface area contributed by atoms with Crippen LogP contribution in [0.5, 0.6) is 0 Å². The van der Waals surface area contributed by atoms with Gasteiger partial charge in [0, 0.05) is 10.7 Å². The first-order valence-electron chi connectivity index (χ1n) is 5.74. The van der Waals surface area contributed by atoms with Crippen molar-refractivity contribution in [3.63, 3.8) is 0 Å². The van der Waals surface area contributed by atoms with Gasteiger partial charge in [-0.2, -0.15) is 0 Å². The van der Waals surface area contributed by atoms with Gasteiger partial charge in [-0.25, -0.2) is 23.6 Å². The fourth-order valence-corrected chi connectivity index (χ4v) is 3.41. The summed E-state index contributed by atoms with van der Waals surface area (Å²) >= 11 is 3.14. The van der Waals surface area contributed by atoms with E-state index >= 15 is 0 Å². The Balaban J connectivity index is 2.45. The van der Waals surface area contributed by atoms with E-state index in [9.17, 15) is 12.8 Å². The lowest BCUT2D eigenvalue weighted by molar-refractivity contribution is 0.601. The minimum atomic E-state index is -3.96. The molecule has 0 radical (unpaired) electrons. The van der Waals surface area contributed by atoms with Crippen molar-refractivity contribution in [2.24, 2.45) is 5.84 Å². The van der Waals surface area contributed by atoms with Gasteiger partial charge in [0.1, 0.15) is 10.7 Å². The number of sulfonamides is 1. The molecule has 9 heteroatoms. The number of benzene rings is 1. The molecule has 0 bridgehead atoms. The first-order chi connectivity index (χ1) is 9.81. The van der Waals surface area contributed by atoms with E-state index in [1.54, 1.807) is 6.92 Å². The molecule has 0 saturated heterocycles. The van der Waals surface area contributed by atoms with Gasteiger partial charge in [-0.1, -0.05) is 0 Å². The topological polar surface area (TPSA) is 97.1 Å². The van der Waals surface area contributed by atoms with Gasteiger partial charge in [-0.05, 0) is 52.7 Å². The molecule has 0 saturated carbocycles. The van der Waals surface area contributed by atoms with Gasteiger partial charge in [0.15, 0.2) is 5.82 Å². The van der Waals surface area contributed by atoms with Crippen LogP contribution >= 0.6 is 15.9 Å². The number of hydrogen-bond acceptors (Lipinski definition) is 5. The molecule has 1 heterocycles. The van der Waals surface area contributed by atoms with Crippen LogP contribution in [0.15, 0.2) is 39.8 Å². The highest BCUT2D eigenvalue weighted by Gasteiger charge is 2.20. The summed E-state index contributed by atoms with van der Waals surface area (Å²) in [6, 6.07) is 5.25. The molecular weight excluding hydrogens is 363 g/mol. The maximum absolute atomic E-state index is 13.3. The van der Waals surface area contributed by atoms with Crippen molar-refractivity contribution in [2.45, 2.75) is 11.8 Å². The van der Waals surface area contributed by atoms with E-state index < -0.39 is 15.8 Å². The monoisotopic (exact) mass is 374 g/mol. The van der Waals surface area contributed by atoms with Gasteiger partial charge in [0.05, 0.1) is 5.69 Å². The van der Waals surface area contributed by atoms with Gasteiger partial charge in [-0.3, -0.25) is 4.72 Å². The van der Waals surface area contributed by atoms with E-state index in [1.165, 1.54) is 24.4 Å². The molecule has 4 N–H and O–H groups in total. The van der Waals surface area contributed by atoms with Crippen LogP contribution in [0.2, 0.25) is 0 Å². The number of nitrogen functional groups attached to an aromatic ring is 1. The molecule has 0 aliphatic heterocycles. The first kappa shape index (κ1) is 15.7. The average molecular weight is 375 g/mol. The second-order valence-electron chi connectivity index (χ2n) is 4.27. The smallest absolute Gasteiger partial charge is 0.265 e. The van der Waals surface area contributed by atoms with Crippen molar-refractivity contribution in [2.75, 3.05) is 10.1 Å². The Bertz CT molecular complexity index is 763. The maximum atomic E-state index is 13.3. The van der Waals surface area contributed by atoms with Gasteiger partial charge in [-0.15, -0.1) is 0 Å². The molecule has 6 nitrogen and oxygen atoms in total. The van der Waals surface area contributed by atoms with E-state index in [4.69, 9.17) is 5.84 Å². The number of pyridine rings is 1. The van der Waals surface area contributed by atoms with Crippen LogP contribution in [0.3, 0.4) is 0 Å². The van der Waals surface area contributed by atoms with E-state index in [1.807, 2.05) is 0 Å². The molecule has 0 spiro atoms. The lowest BCUT2D eigenvalue weighted by Crippen LogP contribution is -2.18. The molecule has 0 unspecified atom stereocenters. The highest BCUT2D eigenvalue weighted by molar-refractivity contribution is 9.10. The molecule has 2 rings (SSSR count). The molecule has 2 aromatic rings. The minimum Gasteiger partial charge on any atom is -0.307 e. The second-order valence-corrected chi connectivity index (χ2v) is 6.83. The predicted octanol–water partition coefficient (Wildman–Crippen LogP) is 2.38. The van der Waals surface area contributed by atoms with Crippen molar-refractivity contribution in [1.82, 2.24) is 4.98 Å². The summed E-state index contributed by atoms with van der Waals surface area (Å²) in [5.41, 5.74) is 2.93. The summed E-state index contributed by atoms with van der Waals surface area (Å²) in [5.74, 6) is 4.71. The summed E-state index contributed by atoms with van der Waals surface area (Å²) in [5, 5.41) is 0. The third kappa shape index (κ3) is 3.69. The Morgan fingerprint density at radius 1 is 1.29 bits per heavy atom. The van der Waals surface area contributed by atoms with Crippen LogP contribution in [0.25, 0.3) is 0 Å². The number of hydrogen-bond donors (Lipinski definition) is 3. The molecule has 0 atom stereocenters. The Morgan fingerprint density at radius 3 is 2.62 bits per heavy atom. The van der Waals surface area contributed by atoms with E-state index in [0.717, 1.165) is 6.07 Å². The highest BCUT2D eigenvalue weighted by atomic mass is 79.9. The van der Waals surface area contributed by atoms with Crippen molar-refractivity contribution in [3.8, 4) is 0 Å². The van der Waals surface area contributed by atoms with Gasteiger partial charge in [0.25, 0.3) is 10.0 Å². The summed E-state index contributed by atoms with van der Waals surface area (Å²) in [4.78, 5) is 3.71. The lowest BCUT2D eigenvalue weighted by atomic mass is 10.2. The molecule has 1 aromatic heterocycles. The molecule has 21 heavy (non-hydrogen) atoms. The highest BCUT2D eigenvalue weighted by Crippen LogP contribution is 2.25. The number of nitrogens with two attached hydrogens (primary N) is 1. The predicted molar refractivity (Wildman–Crippen MR) is 81.7 cm³/mol. The molecule has 0 amide bonds. The third-order valence-corrected chi connectivity index (χ3v) is 4.37. The number of nitrogens with one attached hydrogen (secondary N) is 2. The largest absolute Gasteiger partial charge is 0.307 e.